The van der Waals surface area contributed by atoms with Gasteiger partial charge in [-0.15, -0.1) is 0 Å². The van der Waals surface area contributed by atoms with Gasteiger partial charge >= 0.3 is 0 Å². The minimum absolute atomic E-state index is 0.246. The number of rotatable bonds is 4. The summed E-state index contributed by atoms with van der Waals surface area (Å²) in [5.41, 5.74) is 7.24. The number of hydrogen-bond acceptors (Lipinski definition) is 3. The molecule has 1 rings (SSSR count). The molecule has 72 valence electrons. The minimum atomic E-state index is -0.572. The molecular formula is C10H15NO2. The van der Waals surface area contributed by atoms with Gasteiger partial charge in [0, 0.05) is 13.7 Å². The third-order valence-electron chi connectivity index (χ3n) is 1.87. The first-order valence-corrected chi connectivity index (χ1v) is 4.24. The van der Waals surface area contributed by atoms with Crippen LogP contribution < -0.4 is 5.73 Å². The first kappa shape index (κ1) is 10.2. The van der Waals surface area contributed by atoms with Gasteiger partial charge in [-0.05, 0) is 11.1 Å². The average molecular weight is 181 g/mol. The summed E-state index contributed by atoms with van der Waals surface area (Å²) in [7, 11) is 1.64. The highest BCUT2D eigenvalue weighted by molar-refractivity contribution is 5.24. The third-order valence-corrected chi connectivity index (χ3v) is 1.87. The molecule has 1 aromatic carbocycles. The first-order valence-electron chi connectivity index (χ1n) is 4.24. The van der Waals surface area contributed by atoms with Crippen molar-refractivity contribution in [2.24, 2.45) is 5.73 Å². The second kappa shape index (κ2) is 4.97. The van der Waals surface area contributed by atoms with E-state index in [9.17, 15) is 5.11 Å². The molecule has 1 atom stereocenters. The van der Waals surface area contributed by atoms with E-state index in [1.807, 2.05) is 24.3 Å². The van der Waals surface area contributed by atoms with E-state index in [0.29, 0.717) is 6.61 Å². The van der Waals surface area contributed by atoms with Gasteiger partial charge in [-0.3, -0.25) is 0 Å². The molecule has 0 saturated heterocycles. The summed E-state index contributed by atoms with van der Waals surface area (Å²) in [4.78, 5) is 0. The number of benzene rings is 1. The van der Waals surface area contributed by atoms with E-state index in [2.05, 4.69) is 0 Å². The lowest BCUT2D eigenvalue weighted by Crippen LogP contribution is -2.11. The van der Waals surface area contributed by atoms with Crippen LogP contribution in [-0.4, -0.2) is 18.8 Å². The molecule has 3 heteroatoms. The highest BCUT2D eigenvalue weighted by atomic mass is 16.5. The molecule has 0 fully saturated rings. The molecule has 13 heavy (non-hydrogen) atoms. The second-order valence-electron chi connectivity index (χ2n) is 2.93. The van der Waals surface area contributed by atoms with E-state index in [0.717, 1.165) is 11.1 Å². The Morgan fingerprint density at radius 2 is 2.31 bits per heavy atom. The lowest BCUT2D eigenvalue weighted by molar-refractivity contribution is 0.180. The third kappa shape index (κ3) is 2.81. The highest BCUT2D eigenvalue weighted by Crippen LogP contribution is 2.13. The zero-order chi connectivity index (χ0) is 9.68. The van der Waals surface area contributed by atoms with E-state index >= 15 is 0 Å². The van der Waals surface area contributed by atoms with Crippen molar-refractivity contribution in [3.8, 4) is 0 Å². The maximum atomic E-state index is 9.46. The minimum Gasteiger partial charge on any atom is -0.387 e. The first-order chi connectivity index (χ1) is 6.27. The molecule has 0 saturated carbocycles. The normalized spacial score (nSPS) is 12.8. The van der Waals surface area contributed by atoms with Crippen LogP contribution in [0.5, 0.6) is 0 Å². The zero-order valence-corrected chi connectivity index (χ0v) is 7.73. The molecule has 0 aliphatic rings. The van der Waals surface area contributed by atoms with Gasteiger partial charge in [-0.2, -0.15) is 0 Å². The summed E-state index contributed by atoms with van der Waals surface area (Å²) in [5, 5.41) is 9.46. The summed E-state index contributed by atoms with van der Waals surface area (Å²) in [6, 6.07) is 7.61. The quantitative estimate of drug-likeness (QED) is 0.723. The van der Waals surface area contributed by atoms with E-state index in [-0.39, 0.29) is 6.54 Å². The van der Waals surface area contributed by atoms with Gasteiger partial charge in [0.1, 0.15) is 0 Å². The number of ether oxygens (including phenoxy) is 1. The van der Waals surface area contributed by atoms with Crippen molar-refractivity contribution in [2.75, 3.05) is 13.7 Å². The van der Waals surface area contributed by atoms with Crippen LogP contribution in [0.4, 0.5) is 0 Å². The summed E-state index contributed by atoms with van der Waals surface area (Å²) in [6.45, 7) is 0.807. The predicted octanol–water partition coefficient (Wildman–Crippen LogP) is 0.825. The molecule has 0 aliphatic carbocycles. The number of hydrogen-bond donors (Lipinski definition) is 2. The van der Waals surface area contributed by atoms with Gasteiger partial charge < -0.3 is 15.6 Å². The van der Waals surface area contributed by atoms with E-state index in [1.54, 1.807) is 7.11 Å². The summed E-state index contributed by atoms with van der Waals surface area (Å²) >= 11 is 0. The van der Waals surface area contributed by atoms with Crippen molar-refractivity contribution in [1.29, 1.82) is 0 Å². The summed E-state index contributed by atoms with van der Waals surface area (Å²) in [6.07, 6.45) is -0.572. The van der Waals surface area contributed by atoms with Crippen LogP contribution in [0.2, 0.25) is 0 Å². The Kier molecular flexibility index (Phi) is 3.89. The van der Waals surface area contributed by atoms with Crippen molar-refractivity contribution >= 4 is 0 Å². The van der Waals surface area contributed by atoms with Crippen LogP contribution in [0.1, 0.15) is 17.2 Å². The number of aliphatic hydroxyl groups is 1. The number of methoxy groups -OCH3 is 1. The Balaban J connectivity index is 2.78. The van der Waals surface area contributed by atoms with Crippen LogP contribution in [0.3, 0.4) is 0 Å². The zero-order valence-electron chi connectivity index (χ0n) is 7.73. The maximum Gasteiger partial charge on any atom is 0.0912 e. The SMILES string of the molecule is COCc1cccc(C(O)CN)c1. The van der Waals surface area contributed by atoms with Crippen LogP contribution in [-0.2, 0) is 11.3 Å². The van der Waals surface area contributed by atoms with E-state index in [4.69, 9.17) is 10.5 Å². The van der Waals surface area contributed by atoms with E-state index in [1.165, 1.54) is 0 Å². The molecule has 0 aromatic heterocycles. The van der Waals surface area contributed by atoms with Gasteiger partial charge in [0.2, 0.25) is 0 Å². The van der Waals surface area contributed by atoms with Gasteiger partial charge in [0.15, 0.2) is 0 Å². The Hall–Kier alpha value is -0.900. The molecule has 1 aromatic rings. The summed E-state index contributed by atoms with van der Waals surface area (Å²) in [5.74, 6) is 0. The van der Waals surface area contributed by atoms with Gasteiger partial charge in [-0.25, -0.2) is 0 Å². The predicted molar refractivity (Wildman–Crippen MR) is 51.2 cm³/mol. The molecule has 3 nitrogen and oxygen atoms in total. The van der Waals surface area contributed by atoms with Crippen LogP contribution in [0, 0.1) is 0 Å². The monoisotopic (exact) mass is 181 g/mol. The van der Waals surface area contributed by atoms with Crippen LogP contribution in [0.25, 0.3) is 0 Å². The Bertz CT molecular complexity index is 263. The molecule has 0 amide bonds. The standard InChI is InChI=1S/C10H15NO2/c1-13-7-8-3-2-4-9(5-8)10(12)6-11/h2-5,10,12H,6-7,11H2,1H3. The highest BCUT2D eigenvalue weighted by Gasteiger charge is 2.04. The fourth-order valence-electron chi connectivity index (χ4n) is 1.19. The fraction of sp³-hybridized carbons (Fsp3) is 0.400. The van der Waals surface area contributed by atoms with Crippen molar-refractivity contribution in [1.82, 2.24) is 0 Å². The fourth-order valence-corrected chi connectivity index (χ4v) is 1.19. The van der Waals surface area contributed by atoms with Crippen molar-refractivity contribution < 1.29 is 9.84 Å². The Labute approximate surface area is 78.1 Å². The van der Waals surface area contributed by atoms with Gasteiger partial charge in [0.05, 0.1) is 12.7 Å². The molecule has 0 bridgehead atoms. The molecule has 0 spiro atoms. The largest absolute Gasteiger partial charge is 0.387 e. The second-order valence-corrected chi connectivity index (χ2v) is 2.93. The Morgan fingerprint density at radius 3 is 2.92 bits per heavy atom. The summed E-state index contributed by atoms with van der Waals surface area (Å²) < 4.78 is 4.98. The topological polar surface area (TPSA) is 55.5 Å². The molecule has 1 unspecified atom stereocenters. The van der Waals surface area contributed by atoms with Crippen molar-refractivity contribution in [3.05, 3.63) is 35.4 Å². The average Bonchev–Trinajstić information content (AvgIpc) is 2.18. The van der Waals surface area contributed by atoms with Gasteiger partial charge in [0.25, 0.3) is 0 Å². The van der Waals surface area contributed by atoms with Crippen molar-refractivity contribution in [2.45, 2.75) is 12.7 Å². The van der Waals surface area contributed by atoms with Crippen molar-refractivity contribution in [3.63, 3.8) is 0 Å². The smallest absolute Gasteiger partial charge is 0.0912 e. The molecule has 3 N–H and O–H groups in total. The van der Waals surface area contributed by atoms with Gasteiger partial charge in [-0.1, -0.05) is 24.3 Å². The van der Waals surface area contributed by atoms with E-state index < -0.39 is 6.10 Å². The lowest BCUT2D eigenvalue weighted by atomic mass is 10.1. The number of nitrogens with two attached hydrogens (primary N) is 1. The lowest BCUT2D eigenvalue weighted by Gasteiger charge is -2.09. The number of aliphatic hydroxyl groups excluding tert-OH is 1. The molecule has 0 aliphatic heterocycles. The molecule has 0 radical (unpaired) electrons. The molecule has 0 heterocycles. The van der Waals surface area contributed by atoms with Crippen LogP contribution in [0.15, 0.2) is 24.3 Å². The maximum absolute atomic E-state index is 9.46. The Morgan fingerprint density at radius 1 is 1.54 bits per heavy atom. The van der Waals surface area contributed by atoms with Crippen LogP contribution >= 0.6 is 0 Å². The molecular weight excluding hydrogens is 166 g/mol.